The van der Waals surface area contributed by atoms with E-state index >= 15 is 0 Å². The van der Waals surface area contributed by atoms with E-state index in [0.29, 0.717) is 18.2 Å². The van der Waals surface area contributed by atoms with Gasteiger partial charge in [0.15, 0.2) is 5.82 Å². The van der Waals surface area contributed by atoms with Crippen molar-refractivity contribution in [1.82, 2.24) is 19.9 Å². The molecule has 0 saturated carbocycles. The molecular weight excluding hydrogens is 322 g/mol. The van der Waals surface area contributed by atoms with E-state index in [2.05, 4.69) is 19.9 Å². The van der Waals surface area contributed by atoms with Crippen molar-refractivity contribution in [3.05, 3.63) is 29.7 Å². The van der Waals surface area contributed by atoms with Crippen LogP contribution < -0.4 is 4.90 Å². The summed E-state index contributed by atoms with van der Waals surface area (Å²) in [6.45, 7) is 3.05. The number of rotatable bonds is 2. The molecule has 0 spiro atoms. The Morgan fingerprint density at radius 2 is 2.00 bits per heavy atom. The van der Waals surface area contributed by atoms with Gasteiger partial charge in [0, 0.05) is 19.3 Å². The van der Waals surface area contributed by atoms with Gasteiger partial charge >= 0.3 is 0 Å². The first-order valence-corrected chi connectivity index (χ1v) is 8.07. The van der Waals surface area contributed by atoms with Gasteiger partial charge in [0.05, 0.1) is 23.9 Å². The fourth-order valence-corrected chi connectivity index (χ4v) is 3.35. The van der Waals surface area contributed by atoms with Crippen molar-refractivity contribution in [1.29, 1.82) is 0 Å². The molecule has 6 nitrogen and oxygen atoms in total. The van der Waals surface area contributed by atoms with Crippen LogP contribution in [0.5, 0.6) is 0 Å². The number of anilines is 1. The highest BCUT2D eigenvalue weighted by atomic mass is 35.5. The first kappa shape index (κ1) is 13.8. The van der Waals surface area contributed by atoms with Crippen molar-refractivity contribution in [2.24, 2.45) is 0 Å². The van der Waals surface area contributed by atoms with Crippen LogP contribution >= 0.6 is 22.9 Å². The van der Waals surface area contributed by atoms with Crippen LogP contribution in [0.25, 0.3) is 21.0 Å². The normalized spacial score (nSPS) is 15.4. The van der Waals surface area contributed by atoms with Crippen LogP contribution in [0, 0.1) is 0 Å². The Balaban J connectivity index is 1.78. The van der Waals surface area contributed by atoms with Crippen molar-refractivity contribution in [3.63, 3.8) is 0 Å². The maximum absolute atomic E-state index is 5.88. The third kappa shape index (κ3) is 2.51. The third-order valence-electron chi connectivity index (χ3n) is 3.43. The number of hydrogen-bond donors (Lipinski definition) is 0. The molecule has 4 heterocycles. The van der Waals surface area contributed by atoms with Crippen LogP contribution in [0.2, 0.25) is 5.02 Å². The van der Waals surface area contributed by atoms with Gasteiger partial charge in [-0.2, -0.15) is 0 Å². The van der Waals surface area contributed by atoms with Gasteiger partial charge < -0.3 is 9.64 Å². The summed E-state index contributed by atoms with van der Waals surface area (Å²) in [7, 11) is 0. The minimum atomic E-state index is 0.610. The molecule has 1 fully saturated rings. The third-order valence-corrected chi connectivity index (χ3v) is 4.64. The summed E-state index contributed by atoms with van der Waals surface area (Å²) < 4.78 is 5.39. The molecule has 0 N–H and O–H groups in total. The molecule has 112 valence electrons. The Labute approximate surface area is 135 Å². The van der Waals surface area contributed by atoms with E-state index in [1.807, 2.05) is 12.1 Å². The zero-order valence-corrected chi connectivity index (χ0v) is 13.1. The van der Waals surface area contributed by atoms with E-state index in [4.69, 9.17) is 21.3 Å². The number of fused-ring (bicyclic) bond motifs is 1. The molecule has 0 bridgehead atoms. The molecule has 0 atom stereocenters. The first-order chi connectivity index (χ1) is 10.8. The van der Waals surface area contributed by atoms with Crippen LogP contribution in [0.4, 0.5) is 5.82 Å². The number of morpholine rings is 1. The summed E-state index contributed by atoms with van der Waals surface area (Å²) in [5, 5.41) is 1.43. The van der Waals surface area contributed by atoms with E-state index in [-0.39, 0.29) is 0 Å². The van der Waals surface area contributed by atoms with Crippen molar-refractivity contribution in [3.8, 4) is 10.7 Å². The van der Waals surface area contributed by atoms with Crippen molar-refractivity contribution in [2.75, 3.05) is 31.2 Å². The summed E-state index contributed by atoms with van der Waals surface area (Å²) in [5.74, 6) is 0.866. The lowest BCUT2D eigenvalue weighted by molar-refractivity contribution is 0.122. The standard InChI is InChI=1S/C14H12ClN5OS/c15-9-1-2-10(16-7-9)13-19-11-12(17-8-18-14(11)22-13)20-3-5-21-6-4-20/h1-2,7-8H,3-6H2. The summed E-state index contributed by atoms with van der Waals surface area (Å²) in [6.07, 6.45) is 3.21. The zero-order chi connectivity index (χ0) is 14.9. The molecule has 1 aliphatic rings. The van der Waals surface area contributed by atoms with E-state index in [9.17, 15) is 0 Å². The monoisotopic (exact) mass is 333 g/mol. The summed E-state index contributed by atoms with van der Waals surface area (Å²) in [5.41, 5.74) is 1.61. The highest BCUT2D eigenvalue weighted by molar-refractivity contribution is 7.21. The predicted octanol–water partition coefficient (Wildman–Crippen LogP) is 2.64. The number of thiazole rings is 1. The Morgan fingerprint density at radius 3 is 2.77 bits per heavy atom. The van der Waals surface area contributed by atoms with Gasteiger partial charge in [0.2, 0.25) is 0 Å². The topological polar surface area (TPSA) is 64.0 Å². The minimum absolute atomic E-state index is 0.610. The molecule has 22 heavy (non-hydrogen) atoms. The highest BCUT2D eigenvalue weighted by Crippen LogP contribution is 2.32. The maximum Gasteiger partial charge on any atom is 0.159 e. The molecule has 3 aromatic heterocycles. The van der Waals surface area contributed by atoms with Crippen LogP contribution in [0.1, 0.15) is 0 Å². The molecule has 0 aliphatic carbocycles. The molecule has 8 heteroatoms. The van der Waals surface area contributed by atoms with Gasteiger partial charge in [-0.3, -0.25) is 4.98 Å². The number of pyridine rings is 1. The molecule has 0 amide bonds. The van der Waals surface area contributed by atoms with Crippen molar-refractivity contribution in [2.45, 2.75) is 0 Å². The molecule has 1 saturated heterocycles. The fourth-order valence-electron chi connectivity index (χ4n) is 2.36. The van der Waals surface area contributed by atoms with E-state index in [0.717, 1.165) is 40.0 Å². The second-order valence-corrected chi connectivity index (χ2v) is 6.25. The van der Waals surface area contributed by atoms with Gasteiger partial charge in [0.25, 0.3) is 0 Å². The van der Waals surface area contributed by atoms with Crippen LogP contribution in [0.15, 0.2) is 24.7 Å². The zero-order valence-electron chi connectivity index (χ0n) is 11.6. The van der Waals surface area contributed by atoms with Gasteiger partial charge in [-0.05, 0) is 12.1 Å². The van der Waals surface area contributed by atoms with Crippen LogP contribution in [0.3, 0.4) is 0 Å². The first-order valence-electron chi connectivity index (χ1n) is 6.87. The fraction of sp³-hybridized carbons (Fsp3) is 0.286. The van der Waals surface area contributed by atoms with E-state index in [1.54, 1.807) is 12.5 Å². The number of ether oxygens (including phenoxy) is 1. The molecule has 3 aromatic rings. The molecule has 0 unspecified atom stereocenters. The predicted molar refractivity (Wildman–Crippen MR) is 86.5 cm³/mol. The lowest BCUT2D eigenvalue weighted by Crippen LogP contribution is -2.36. The average Bonchev–Trinajstić information content (AvgIpc) is 3.00. The summed E-state index contributed by atoms with van der Waals surface area (Å²) in [4.78, 5) is 20.8. The molecule has 1 aliphatic heterocycles. The Kier molecular flexibility index (Phi) is 3.61. The van der Waals surface area contributed by atoms with Crippen molar-refractivity contribution >= 4 is 39.1 Å². The van der Waals surface area contributed by atoms with E-state index in [1.165, 1.54) is 11.3 Å². The van der Waals surface area contributed by atoms with Gasteiger partial charge in [-0.25, -0.2) is 15.0 Å². The van der Waals surface area contributed by atoms with Gasteiger partial charge in [0.1, 0.15) is 21.7 Å². The largest absolute Gasteiger partial charge is 0.378 e. The number of aromatic nitrogens is 4. The quantitative estimate of drug-likeness (QED) is 0.718. The van der Waals surface area contributed by atoms with Crippen LogP contribution in [-0.2, 0) is 4.74 Å². The molecule has 0 aromatic carbocycles. The lowest BCUT2D eigenvalue weighted by atomic mass is 10.3. The van der Waals surface area contributed by atoms with Gasteiger partial charge in [-0.1, -0.05) is 22.9 Å². The number of halogens is 1. The molecule has 4 rings (SSSR count). The summed E-state index contributed by atoms with van der Waals surface area (Å²) >= 11 is 7.39. The maximum atomic E-state index is 5.88. The highest BCUT2D eigenvalue weighted by Gasteiger charge is 2.19. The second-order valence-electron chi connectivity index (χ2n) is 4.83. The van der Waals surface area contributed by atoms with Crippen molar-refractivity contribution < 1.29 is 4.74 Å². The van der Waals surface area contributed by atoms with E-state index < -0.39 is 0 Å². The second kappa shape index (κ2) is 5.75. The Hall–Kier alpha value is -1.83. The SMILES string of the molecule is Clc1ccc(-c2nc3c(N4CCOCC4)ncnc3s2)nc1. The minimum Gasteiger partial charge on any atom is -0.378 e. The summed E-state index contributed by atoms with van der Waals surface area (Å²) in [6, 6.07) is 3.67. The number of hydrogen-bond acceptors (Lipinski definition) is 7. The molecule has 0 radical (unpaired) electrons. The molecular formula is C14H12ClN5OS. The Bertz CT molecular complexity index is 801. The van der Waals surface area contributed by atoms with Crippen LogP contribution in [-0.4, -0.2) is 46.2 Å². The average molecular weight is 334 g/mol. The smallest absolute Gasteiger partial charge is 0.159 e. The Morgan fingerprint density at radius 1 is 1.14 bits per heavy atom. The lowest BCUT2D eigenvalue weighted by Gasteiger charge is -2.27. The number of nitrogens with zero attached hydrogens (tertiary/aromatic N) is 5. The van der Waals surface area contributed by atoms with Gasteiger partial charge in [-0.15, -0.1) is 0 Å².